The normalized spacial score (nSPS) is 23.0. The van der Waals surface area contributed by atoms with Crippen LogP contribution in [-0.2, 0) is 39.8 Å². The second kappa shape index (κ2) is 14.6. The summed E-state index contributed by atoms with van der Waals surface area (Å²) in [7, 11) is 1.36. The third-order valence-electron chi connectivity index (χ3n) is 7.17. The molecule has 2 aromatic rings. The largest absolute Gasteiger partial charge is 0.493 e. The summed E-state index contributed by atoms with van der Waals surface area (Å²) in [6, 6.07) is 9.58. The average molecular weight is 585 g/mol. The molecule has 2 aliphatic rings. The molecule has 12 nitrogen and oxygen atoms in total. The van der Waals surface area contributed by atoms with E-state index in [1.165, 1.54) is 26.3 Å². The first-order valence-corrected chi connectivity index (χ1v) is 13.9. The first kappa shape index (κ1) is 30.8. The predicted octanol–water partition coefficient (Wildman–Crippen LogP) is 2.76. The number of amides is 1. The number of rotatable bonds is 10. The molecule has 226 valence electrons. The van der Waals surface area contributed by atoms with E-state index in [1.807, 2.05) is 30.3 Å². The van der Waals surface area contributed by atoms with Crippen molar-refractivity contribution in [3.8, 4) is 11.5 Å². The Labute approximate surface area is 244 Å². The van der Waals surface area contributed by atoms with Crippen LogP contribution in [0.5, 0.6) is 11.5 Å². The topological polar surface area (TPSA) is 149 Å². The molecule has 42 heavy (non-hydrogen) atoms. The molecule has 1 saturated heterocycles. The predicted molar refractivity (Wildman–Crippen MR) is 147 cm³/mol. The van der Waals surface area contributed by atoms with Crippen molar-refractivity contribution in [1.82, 2.24) is 10.3 Å². The minimum absolute atomic E-state index is 0.0528. The lowest BCUT2D eigenvalue weighted by atomic mass is 9.91. The maximum absolute atomic E-state index is 13.5. The number of ether oxygens (including phenoxy) is 6. The minimum Gasteiger partial charge on any atom is -0.493 e. The van der Waals surface area contributed by atoms with Crippen molar-refractivity contribution in [3.05, 3.63) is 53.9 Å². The fourth-order valence-corrected chi connectivity index (χ4v) is 5.04. The number of pyridine rings is 1. The summed E-state index contributed by atoms with van der Waals surface area (Å²) < 4.78 is 33.3. The number of aromatic nitrogens is 1. The van der Waals surface area contributed by atoms with E-state index >= 15 is 0 Å². The molecule has 0 bridgehead atoms. The van der Waals surface area contributed by atoms with Gasteiger partial charge >= 0.3 is 17.9 Å². The van der Waals surface area contributed by atoms with Crippen molar-refractivity contribution < 1.29 is 47.6 Å². The Kier molecular flexibility index (Phi) is 10.7. The van der Waals surface area contributed by atoms with Crippen molar-refractivity contribution in [1.29, 1.82) is 0 Å². The van der Waals surface area contributed by atoms with Gasteiger partial charge in [0.2, 0.25) is 6.79 Å². The zero-order valence-electron chi connectivity index (χ0n) is 23.9. The highest BCUT2D eigenvalue weighted by Gasteiger charge is 2.42. The van der Waals surface area contributed by atoms with Crippen molar-refractivity contribution in [2.75, 3.05) is 20.5 Å². The van der Waals surface area contributed by atoms with Crippen LogP contribution in [0.1, 0.15) is 55.6 Å². The molecule has 0 spiro atoms. The second-order valence-corrected chi connectivity index (χ2v) is 10.2. The first-order valence-electron chi connectivity index (χ1n) is 13.9. The van der Waals surface area contributed by atoms with Gasteiger partial charge in [-0.2, -0.15) is 0 Å². The summed E-state index contributed by atoms with van der Waals surface area (Å²) in [5.41, 5.74) is 0.672. The Morgan fingerprint density at radius 3 is 2.50 bits per heavy atom. The number of nitrogens with one attached hydrogen (secondary N) is 1. The van der Waals surface area contributed by atoms with Gasteiger partial charge in [0.1, 0.15) is 18.8 Å². The third-order valence-corrected chi connectivity index (χ3v) is 7.17. The SMILES string of the molecule is COc1ccnc(C(=O)N[C@H]2COC(=O)C(Cc3ccccc3)[C@@H](OC3CCCC3)[C@H](C)OC2=O)c1OCOC(C)=O. The van der Waals surface area contributed by atoms with Gasteiger partial charge in [-0.3, -0.25) is 14.4 Å². The van der Waals surface area contributed by atoms with Gasteiger partial charge in [-0.25, -0.2) is 9.78 Å². The van der Waals surface area contributed by atoms with Crippen molar-refractivity contribution in [2.24, 2.45) is 5.92 Å². The molecule has 1 aromatic carbocycles. The van der Waals surface area contributed by atoms with Gasteiger partial charge in [0.15, 0.2) is 23.2 Å². The van der Waals surface area contributed by atoms with E-state index in [1.54, 1.807) is 6.92 Å². The number of esters is 3. The molecule has 1 aromatic heterocycles. The van der Waals surface area contributed by atoms with Crippen molar-refractivity contribution >= 4 is 23.8 Å². The van der Waals surface area contributed by atoms with Crippen LogP contribution in [0.25, 0.3) is 0 Å². The maximum atomic E-state index is 13.5. The lowest BCUT2D eigenvalue weighted by Crippen LogP contribution is -2.47. The van der Waals surface area contributed by atoms with Crippen LogP contribution in [0, 0.1) is 5.92 Å². The average Bonchev–Trinajstić information content (AvgIpc) is 3.50. The lowest BCUT2D eigenvalue weighted by Gasteiger charge is -2.31. The lowest BCUT2D eigenvalue weighted by molar-refractivity contribution is -0.169. The fourth-order valence-electron chi connectivity index (χ4n) is 5.04. The minimum atomic E-state index is -1.35. The van der Waals surface area contributed by atoms with Gasteiger partial charge in [-0.15, -0.1) is 0 Å². The van der Waals surface area contributed by atoms with Gasteiger partial charge in [0.05, 0.1) is 19.1 Å². The first-order chi connectivity index (χ1) is 20.3. The number of carbonyl (C=O) groups is 4. The molecule has 1 amide bonds. The van der Waals surface area contributed by atoms with Crippen LogP contribution in [-0.4, -0.2) is 73.7 Å². The van der Waals surface area contributed by atoms with Gasteiger partial charge in [-0.1, -0.05) is 43.2 Å². The summed E-state index contributed by atoms with van der Waals surface area (Å²) in [6.07, 6.45) is 3.80. The Morgan fingerprint density at radius 1 is 1.07 bits per heavy atom. The molecule has 1 saturated carbocycles. The van der Waals surface area contributed by atoms with Crippen LogP contribution < -0.4 is 14.8 Å². The Bertz CT molecular complexity index is 1250. The summed E-state index contributed by atoms with van der Waals surface area (Å²) in [6.45, 7) is 1.92. The molecule has 1 aliphatic heterocycles. The summed E-state index contributed by atoms with van der Waals surface area (Å²) in [4.78, 5) is 55.3. The fraction of sp³-hybridized carbons (Fsp3) is 0.500. The Morgan fingerprint density at radius 2 is 1.81 bits per heavy atom. The van der Waals surface area contributed by atoms with E-state index < -0.39 is 61.4 Å². The Hall–Kier alpha value is -4.19. The molecular weight excluding hydrogens is 548 g/mol. The summed E-state index contributed by atoms with van der Waals surface area (Å²) >= 11 is 0. The molecule has 4 rings (SSSR count). The molecule has 4 atom stereocenters. The van der Waals surface area contributed by atoms with Crippen LogP contribution in [0.4, 0.5) is 0 Å². The van der Waals surface area contributed by atoms with Crippen molar-refractivity contribution in [2.45, 2.75) is 70.3 Å². The number of benzene rings is 1. The monoisotopic (exact) mass is 584 g/mol. The van der Waals surface area contributed by atoms with E-state index in [-0.39, 0.29) is 23.3 Å². The smallest absolute Gasteiger partial charge is 0.332 e. The number of hydrogen-bond donors (Lipinski definition) is 1. The quantitative estimate of drug-likeness (QED) is 0.250. The number of cyclic esters (lactones) is 2. The highest BCUT2D eigenvalue weighted by atomic mass is 16.7. The van der Waals surface area contributed by atoms with Gasteiger partial charge < -0.3 is 33.7 Å². The highest BCUT2D eigenvalue weighted by Crippen LogP contribution is 2.31. The van der Waals surface area contributed by atoms with E-state index in [4.69, 9.17) is 28.4 Å². The number of hydrogen-bond acceptors (Lipinski definition) is 11. The molecule has 0 radical (unpaired) electrons. The van der Waals surface area contributed by atoms with E-state index in [2.05, 4.69) is 10.3 Å². The van der Waals surface area contributed by atoms with Crippen molar-refractivity contribution in [3.63, 3.8) is 0 Å². The maximum Gasteiger partial charge on any atom is 0.332 e. The molecule has 1 unspecified atom stereocenters. The van der Waals surface area contributed by atoms with Gasteiger partial charge in [0, 0.05) is 19.2 Å². The van der Waals surface area contributed by atoms with Gasteiger partial charge in [-0.05, 0) is 31.7 Å². The molecule has 12 heteroatoms. The Balaban J connectivity index is 1.55. The third kappa shape index (κ3) is 7.96. The summed E-state index contributed by atoms with van der Waals surface area (Å²) in [5.74, 6) is -3.47. The molecular formula is C30H36N2O10. The second-order valence-electron chi connectivity index (χ2n) is 10.2. The molecule has 2 heterocycles. The zero-order valence-corrected chi connectivity index (χ0v) is 23.9. The standard InChI is InChI=1S/C30H36N2O10/c1-18-26(42-21-11-7-8-12-21)22(15-20-9-5-4-6-10-20)29(35)38-16-23(30(36)41-18)32-28(34)25-27(40-17-39-19(2)33)24(37-3)13-14-31-25/h4-6,9-10,13-14,18,21-23,26H,7-8,11-12,15-17H2,1-3H3,(H,32,34)/t18-,22?,23-,26-/m0/s1. The highest BCUT2D eigenvalue weighted by molar-refractivity contribution is 5.98. The number of carbonyl (C=O) groups excluding carboxylic acids is 4. The zero-order chi connectivity index (χ0) is 30.1. The van der Waals surface area contributed by atoms with Crippen LogP contribution in [0.15, 0.2) is 42.6 Å². The van der Waals surface area contributed by atoms with Crippen LogP contribution >= 0.6 is 0 Å². The van der Waals surface area contributed by atoms with Gasteiger partial charge in [0.25, 0.3) is 5.91 Å². The van der Waals surface area contributed by atoms with E-state index in [0.29, 0.717) is 6.42 Å². The molecule has 1 aliphatic carbocycles. The number of nitrogens with zero attached hydrogens (tertiary/aromatic N) is 1. The van der Waals surface area contributed by atoms with Crippen LogP contribution in [0.2, 0.25) is 0 Å². The summed E-state index contributed by atoms with van der Waals surface area (Å²) in [5, 5.41) is 2.53. The number of methoxy groups -OCH3 is 1. The van der Waals surface area contributed by atoms with E-state index in [0.717, 1.165) is 31.2 Å². The van der Waals surface area contributed by atoms with E-state index in [9.17, 15) is 19.2 Å². The van der Waals surface area contributed by atoms with Crippen LogP contribution in [0.3, 0.4) is 0 Å². The molecule has 1 N–H and O–H groups in total. The molecule has 2 fully saturated rings.